The minimum Gasteiger partial charge on any atom is -0.457 e. The van der Waals surface area contributed by atoms with E-state index in [1.165, 1.54) is 5.56 Å². The minimum atomic E-state index is 0.365. The largest absolute Gasteiger partial charge is 0.457 e. The van der Waals surface area contributed by atoms with Crippen LogP contribution in [0.4, 0.5) is 0 Å². The van der Waals surface area contributed by atoms with Crippen LogP contribution in [0.2, 0.25) is 5.02 Å². The van der Waals surface area contributed by atoms with Gasteiger partial charge < -0.3 is 10.5 Å². The maximum atomic E-state index is 6.30. The molecular weight excluding hydrogens is 282 g/mol. The normalized spacial score (nSPS) is 11.0. The first-order valence-electron chi connectivity index (χ1n) is 7.28. The van der Waals surface area contributed by atoms with Gasteiger partial charge in [0.05, 0.1) is 0 Å². The highest BCUT2D eigenvalue weighted by atomic mass is 35.5. The fourth-order valence-corrected chi connectivity index (χ4v) is 2.72. The number of benzene rings is 2. The molecule has 0 heterocycles. The summed E-state index contributed by atoms with van der Waals surface area (Å²) in [5, 5.41) is 0.798. The van der Waals surface area contributed by atoms with Gasteiger partial charge in [0.25, 0.3) is 0 Å². The molecule has 0 atom stereocenters. The van der Waals surface area contributed by atoms with E-state index in [0.29, 0.717) is 12.5 Å². The first kappa shape index (κ1) is 15.9. The summed E-state index contributed by atoms with van der Waals surface area (Å²) in [6.45, 7) is 6.90. The van der Waals surface area contributed by atoms with E-state index in [-0.39, 0.29) is 0 Å². The van der Waals surface area contributed by atoms with Crippen molar-refractivity contribution in [3.63, 3.8) is 0 Å². The van der Waals surface area contributed by atoms with E-state index in [9.17, 15) is 0 Å². The summed E-state index contributed by atoms with van der Waals surface area (Å²) in [6, 6.07) is 12.1. The summed E-state index contributed by atoms with van der Waals surface area (Å²) in [6.07, 6.45) is 0.855. The summed E-state index contributed by atoms with van der Waals surface area (Å²) in [5.74, 6) is 2.05. The lowest BCUT2D eigenvalue weighted by molar-refractivity contribution is 0.477. The van der Waals surface area contributed by atoms with Gasteiger partial charge >= 0.3 is 0 Å². The molecule has 3 heteroatoms. The molecule has 0 radical (unpaired) electrons. The van der Waals surface area contributed by atoms with Crippen LogP contribution < -0.4 is 10.5 Å². The fraction of sp³-hybridized carbons (Fsp3) is 0.333. The Morgan fingerprint density at radius 3 is 2.62 bits per heavy atom. The molecule has 2 nitrogen and oxygen atoms in total. The van der Waals surface area contributed by atoms with Crippen LogP contribution >= 0.6 is 11.6 Å². The minimum absolute atomic E-state index is 0.365. The Morgan fingerprint density at radius 2 is 1.95 bits per heavy atom. The molecule has 0 unspecified atom stereocenters. The molecule has 0 amide bonds. The molecule has 2 aromatic rings. The number of aryl methyl sites for hydroxylation is 1. The third kappa shape index (κ3) is 3.99. The summed E-state index contributed by atoms with van der Waals surface area (Å²) in [4.78, 5) is 0. The van der Waals surface area contributed by atoms with Gasteiger partial charge in [0, 0.05) is 5.02 Å². The molecule has 2 N–H and O–H groups in total. The topological polar surface area (TPSA) is 35.2 Å². The van der Waals surface area contributed by atoms with E-state index < -0.39 is 0 Å². The molecule has 112 valence electrons. The van der Waals surface area contributed by atoms with E-state index >= 15 is 0 Å². The van der Waals surface area contributed by atoms with Crippen molar-refractivity contribution in [2.24, 2.45) is 5.73 Å². The van der Waals surface area contributed by atoms with Crippen LogP contribution in [0.3, 0.4) is 0 Å². The number of rotatable bonds is 5. The molecule has 2 rings (SSSR count). The molecule has 0 spiro atoms. The highest BCUT2D eigenvalue weighted by Crippen LogP contribution is 2.34. The van der Waals surface area contributed by atoms with Crippen LogP contribution in [-0.4, -0.2) is 6.54 Å². The number of hydrogen-bond donors (Lipinski definition) is 1. The fourth-order valence-electron chi connectivity index (χ4n) is 2.28. The van der Waals surface area contributed by atoms with E-state index in [2.05, 4.69) is 19.9 Å². The zero-order valence-electron chi connectivity index (χ0n) is 12.8. The van der Waals surface area contributed by atoms with Crippen LogP contribution in [-0.2, 0) is 6.42 Å². The number of nitrogens with two attached hydrogens (primary N) is 1. The average molecular weight is 304 g/mol. The Hall–Kier alpha value is -1.51. The van der Waals surface area contributed by atoms with Crippen molar-refractivity contribution >= 4 is 11.6 Å². The van der Waals surface area contributed by atoms with Gasteiger partial charge in [-0.1, -0.05) is 37.6 Å². The van der Waals surface area contributed by atoms with Crippen LogP contribution in [0.25, 0.3) is 0 Å². The number of halogens is 1. The van der Waals surface area contributed by atoms with Gasteiger partial charge in [-0.25, -0.2) is 0 Å². The standard InChI is InChI=1S/C18H22ClNO/c1-12(2)16-11-18(13(3)9-17(16)19)21-15-6-4-5-14(10-15)7-8-20/h4-6,9-12H,7-8,20H2,1-3H3. The molecule has 0 aliphatic rings. The average Bonchev–Trinajstić information content (AvgIpc) is 2.42. The number of ether oxygens (including phenoxy) is 1. The Bertz CT molecular complexity index is 623. The lowest BCUT2D eigenvalue weighted by Gasteiger charge is -2.15. The SMILES string of the molecule is Cc1cc(Cl)c(C(C)C)cc1Oc1cccc(CCN)c1. The Morgan fingerprint density at radius 1 is 1.19 bits per heavy atom. The van der Waals surface area contributed by atoms with Gasteiger partial charge in [0.15, 0.2) is 0 Å². The summed E-state index contributed by atoms with van der Waals surface area (Å²) >= 11 is 6.30. The number of hydrogen-bond acceptors (Lipinski definition) is 2. The zero-order chi connectivity index (χ0) is 15.4. The highest BCUT2D eigenvalue weighted by Gasteiger charge is 2.11. The van der Waals surface area contributed by atoms with Crippen molar-refractivity contribution in [1.29, 1.82) is 0 Å². The van der Waals surface area contributed by atoms with Crippen molar-refractivity contribution in [2.45, 2.75) is 33.1 Å². The smallest absolute Gasteiger partial charge is 0.130 e. The van der Waals surface area contributed by atoms with Crippen LogP contribution in [0.1, 0.15) is 36.5 Å². The van der Waals surface area contributed by atoms with Crippen LogP contribution in [0.5, 0.6) is 11.5 Å². The molecule has 0 saturated heterocycles. The van der Waals surface area contributed by atoms with Gasteiger partial charge in [0.1, 0.15) is 11.5 Å². The summed E-state index contributed by atoms with van der Waals surface area (Å²) in [7, 11) is 0. The zero-order valence-corrected chi connectivity index (χ0v) is 13.6. The second-order valence-corrected chi connectivity index (χ2v) is 5.99. The van der Waals surface area contributed by atoms with E-state index in [4.69, 9.17) is 22.1 Å². The molecule has 0 aromatic heterocycles. The molecule has 0 aliphatic heterocycles. The third-order valence-corrected chi connectivity index (χ3v) is 3.80. The van der Waals surface area contributed by atoms with Crippen molar-refractivity contribution in [2.75, 3.05) is 6.54 Å². The molecular formula is C18H22ClNO. The predicted octanol–water partition coefficient (Wildman–Crippen LogP) is 5.07. The predicted molar refractivity (Wildman–Crippen MR) is 89.6 cm³/mol. The van der Waals surface area contributed by atoms with Crippen LogP contribution in [0.15, 0.2) is 36.4 Å². The molecule has 2 aromatic carbocycles. The first-order chi connectivity index (χ1) is 10.0. The van der Waals surface area contributed by atoms with Gasteiger partial charge in [-0.15, -0.1) is 0 Å². The summed E-state index contributed by atoms with van der Waals surface area (Å²) in [5.41, 5.74) is 8.93. The second kappa shape index (κ2) is 6.97. The second-order valence-electron chi connectivity index (χ2n) is 5.58. The van der Waals surface area contributed by atoms with Crippen molar-refractivity contribution in [1.82, 2.24) is 0 Å². The maximum absolute atomic E-state index is 6.30. The Labute approximate surface area is 131 Å². The monoisotopic (exact) mass is 303 g/mol. The maximum Gasteiger partial charge on any atom is 0.130 e. The van der Waals surface area contributed by atoms with Gasteiger partial charge in [-0.3, -0.25) is 0 Å². The lowest BCUT2D eigenvalue weighted by Crippen LogP contribution is -2.02. The molecule has 0 aliphatic carbocycles. The molecule has 0 saturated carbocycles. The van der Waals surface area contributed by atoms with E-state index in [1.807, 2.05) is 37.3 Å². The molecule has 21 heavy (non-hydrogen) atoms. The van der Waals surface area contributed by atoms with Gasteiger partial charge in [-0.05, 0) is 66.8 Å². The third-order valence-electron chi connectivity index (χ3n) is 3.48. The Balaban J connectivity index is 2.30. The summed E-state index contributed by atoms with van der Waals surface area (Å²) < 4.78 is 6.04. The van der Waals surface area contributed by atoms with Crippen LogP contribution in [0, 0.1) is 6.92 Å². The molecule has 0 fully saturated rings. The van der Waals surface area contributed by atoms with Gasteiger partial charge in [0.2, 0.25) is 0 Å². The van der Waals surface area contributed by atoms with Gasteiger partial charge in [-0.2, -0.15) is 0 Å². The highest BCUT2D eigenvalue weighted by molar-refractivity contribution is 6.31. The lowest BCUT2D eigenvalue weighted by atomic mass is 10.0. The van der Waals surface area contributed by atoms with Crippen molar-refractivity contribution < 1.29 is 4.74 Å². The first-order valence-corrected chi connectivity index (χ1v) is 7.66. The van der Waals surface area contributed by atoms with E-state index in [0.717, 1.165) is 34.1 Å². The Kier molecular flexibility index (Phi) is 5.27. The van der Waals surface area contributed by atoms with Crippen molar-refractivity contribution in [3.05, 3.63) is 58.1 Å². The van der Waals surface area contributed by atoms with Crippen molar-refractivity contribution in [3.8, 4) is 11.5 Å². The van der Waals surface area contributed by atoms with E-state index in [1.54, 1.807) is 0 Å². The quantitative estimate of drug-likeness (QED) is 0.837. The molecule has 0 bridgehead atoms.